The van der Waals surface area contributed by atoms with E-state index in [1.807, 2.05) is 31.2 Å². The predicted molar refractivity (Wildman–Crippen MR) is 78.4 cm³/mol. The summed E-state index contributed by atoms with van der Waals surface area (Å²) in [6.07, 6.45) is 0. The van der Waals surface area contributed by atoms with Crippen LogP contribution < -0.4 is 5.32 Å². The SMILES string of the molecule is Cc1nc(C(=O)NCc2ccccc2C#CCO)cs1. The van der Waals surface area contributed by atoms with Gasteiger partial charge >= 0.3 is 0 Å². The van der Waals surface area contributed by atoms with Gasteiger partial charge in [0.25, 0.3) is 5.91 Å². The molecule has 0 aliphatic carbocycles. The van der Waals surface area contributed by atoms with Crippen molar-refractivity contribution in [3.8, 4) is 11.8 Å². The van der Waals surface area contributed by atoms with E-state index < -0.39 is 0 Å². The molecule has 1 aromatic carbocycles. The lowest BCUT2D eigenvalue weighted by molar-refractivity contribution is 0.0946. The molecule has 0 saturated carbocycles. The van der Waals surface area contributed by atoms with Gasteiger partial charge in [-0.15, -0.1) is 11.3 Å². The summed E-state index contributed by atoms with van der Waals surface area (Å²) < 4.78 is 0. The van der Waals surface area contributed by atoms with Gasteiger partial charge in [-0.25, -0.2) is 4.98 Å². The number of rotatable bonds is 3. The maximum atomic E-state index is 11.9. The van der Waals surface area contributed by atoms with Gasteiger partial charge in [-0.05, 0) is 18.6 Å². The number of benzene rings is 1. The Balaban J connectivity index is 2.06. The third kappa shape index (κ3) is 3.67. The number of aryl methyl sites for hydroxylation is 1. The Morgan fingerprint density at radius 2 is 2.25 bits per heavy atom. The normalized spacial score (nSPS) is 9.70. The highest BCUT2D eigenvalue weighted by Gasteiger charge is 2.09. The maximum Gasteiger partial charge on any atom is 0.271 e. The van der Waals surface area contributed by atoms with Crippen molar-refractivity contribution in [3.63, 3.8) is 0 Å². The van der Waals surface area contributed by atoms with Crippen molar-refractivity contribution >= 4 is 17.2 Å². The largest absolute Gasteiger partial charge is 0.384 e. The number of aromatic nitrogens is 1. The van der Waals surface area contributed by atoms with E-state index in [0.717, 1.165) is 16.1 Å². The van der Waals surface area contributed by atoms with E-state index in [1.54, 1.807) is 5.38 Å². The summed E-state index contributed by atoms with van der Waals surface area (Å²) in [6, 6.07) is 7.51. The zero-order valence-electron chi connectivity index (χ0n) is 11.0. The smallest absolute Gasteiger partial charge is 0.271 e. The summed E-state index contributed by atoms with van der Waals surface area (Å²) in [5.74, 6) is 5.28. The van der Waals surface area contributed by atoms with Crippen molar-refractivity contribution in [2.24, 2.45) is 0 Å². The number of hydrogen-bond donors (Lipinski definition) is 2. The molecule has 0 atom stereocenters. The van der Waals surface area contributed by atoms with Crippen LogP contribution in [-0.2, 0) is 6.54 Å². The number of carbonyl (C=O) groups excluding carboxylic acids is 1. The fourth-order valence-corrected chi connectivity index (χ4v) is 2.26. The number of nitrogens with one attached hydrogen (secondary N) is 1. The summed E-state index contributed by atoms with van der Waals surface area (Å²) >= 11 is 1.45. The van der Waals surface area contributed by atoms with Crippen LogP contribution >= 0.6 is 11.3 Å². The van der Waals surface area contributed by atoms with Crippen LogP contribution in [0.4, 0.5) is 0 Å². The monoisotopic (exact) mass is 286 g/mol. The van der Waals surface area contributed by atoms with E-state index in [1.165, 1.54) is 11.3 Å². The molecule has 0 fully saturated rings. The van der Waals surface area contributed by atoms with E-state index in [0.29, 0.717) is 12.2 Å². The van der Waals surface area contributed by atoms with E-state index in [4.69, 9.17) is 5.11 Å². The van der Waals surface area contributed by atoms with Gasteiger partial charge in [-0.3, -0.25) is 4.79 Å². The standard InChI is InChI=1S/C15H14N2O2S/c1-11-17-14(10-20-11)15(19)16-9-13-6-3-2-5-12(13)7-4-8-18/h2-3,5-6,10,18H,8-9H2,1H3,(H,16,19). The summed E-state index contributed by atoms with van der Waals surface area (Å²) in [5.41, 5.74) is 2.15. The summed E-state index contributed by atoms with van der Waals surface area (Å²) in [7, 11) is 0. The van der Waals surface area contributed by atoms with Crippen molar-refractivity contribution in [3.05, 3.63) is 51.5 Å². The summed E-state index contributed by atoms with van der Waals surface area (Å²) in [5, 5.41) is 14.2. The molecule has 0 bridgehead atoms. The Bertz CT molecular complexity index is 668. The van der Waals surface area contributed by atoms with Crippen LogP contribution in [0.2, 0.25) is 0 Å². The minimum Gasteiger partial charge on any atom is -0.384 e. The van der Waals surface area contributed by atoms with E-state index in [-0.39, 0.29) is 12.5 Å². The molecule has 0 saturated heterocycles. The van der Waals surface area contributed by atoms with Gasteiger partial charge in [0, 0.05) is 17.5 Å². The van der Waals surface area contributed by atoms with Gasteiger partial charge in [0.1, 0.15) is 12.3 Å². The molecule has 0 radical (unpaired) electrons. The Morgan fingerprint density at radius 1 is 1.45 bits per heavy atom. The molecular formula is C15H14N2O2S. The van der Waals surface area contributed by atoms with E-state index in [2.05, 4.69) is 22.1 Å². The first-order chi connectivity index (χ1) is 9.70. The molecule has 5 heteroatoms. The first kappa shape index (κ1) is 14.3. The number of thiazole rings is 1. The van der Waals surface area contributed by atoms with Crippen molar-refractivity contribution in [1.29, 1.82) is 0 Å². The lowest BCUT2D eigenvalue weighted by Gasteiger charge is -2.05. The fraction of sp³-hybridized carbons (Fsp3) is 0.200. The fourth-order valence-electron chi connectivity index (χ4n) is 1.66. The molecule has 4 nitrogen and oxygen atoms in total. The molecule has 1 heterocycles. The average molecular weight is 286 g/mol. The highest BCUT2D eigenvalue weighted by Crippen LogP contribution is 2.10. The van der Waals surface area contributed by atoms with Crippen molar-refractivity contribution in [2.45, 2.75) is 13.5 Å². The minimum absolute atomic E-state index is 0.182. The molecule has 2 N–H and O–H groups in total. The minimum atomic E-state index is -0.195. The van der Waals surface area contributed by atoms with Crippen LogP contribution in [0.5, 0.6) is 0 Å². The molecule has 0 aliphatic heterocycles. The average Bonchev–Trinajstić information content (AvgIpc) is 2.90. The van der Waals surface area contributed by atoms with E-state index >= 15 is 0 Å². The molecule has 0 aliphatic rings. The second kappa shape index (κ2) is 6.85. The first-order valence-electron chi connectivity index (χ1n) is 6.08. The zero-order valence-corrected chi connectivity index (χ0v) is 11.8. The quantitative estimate of drug-likeness (QED) is 0.845. The highest BCUT2D eigenvalue weighted by atomic mass is 32.1. The Kier molecular flexibility index (Phi) is 4.88. The van der Waals surface area contributed by atoms with Crippen LogP contribution in [-0.4, -0.2) is 22.6 Å². The predicted octanol–water partition coefficient (Wildman–Crippen LogP) is 1.73. The summed E-state index contributed by atoms with van der Waals surface area (Å²) in [6.45, 7) is 2.06. The molecular weight excluding hydrogens is 272 g/mol. The van der Waals surface area contributed by atoms with Crippen LogP contribution in [0.3, 0.4) is 0 Å². The topological polar surface area (TPSA) is 62.2 Å². The Labute approximate surface area is 121 Å². The van der Waals surface area contributed by atoms with Crippen molar-refractivity contribution in [1.82, 2.24) is 10.3 Å². The van der Waals surface area contributed by atoms with Crippen molar-refractivity contribution in [2.75, 3.05) is 6.61 Å². The van der Waals surface area contributed by atoms with Crippen LogP contribution in [0, 0.1) is 18.8 Å². The number of carbonyl (C=O) groups is 1. The number of aliphatic hydroxyl groups is 1. The number of aliphatic hydroxyl groups excluding tert-OH is 1. The van der Waals surface area contributed by atoms with E-state index in [9.17, 15) is 4.79 Å². The number of nitrogens with zero attached hydrogens (tertiary/aromatic N) is 1. The third-order valence-corrected chi connectivity index (χ3v) is 3.38. The lowest BCUT2D eigenvalue weighted by Crippen LogP contribution is -2.23. The molecule has 0 unspecified atom stereocenters. The van der Waals surface area contributed by atoms with Crippen LogP contribution in [0.15, 0.2) is 29.6 Å². The lowest BCUT2D eigenvalue weighted by atomic mass is 10.1. The molecule has 102 valence electrons. The molecule has 20 heavy (non-hydrogen) atoms. The van der Waals surface area contributed by atoms with Gasteiger partial charge in [-0.1, -0.05) is 30.0 Å². The Hall–Kier alpha value is -2.16. The first-order valence-corrected chi connectivity index (χ1v) is 6.96. The Morgan fingerprint density at radius 3 is 2.95 bits per heavy atom. The second-order valence-corrected chi connectivity index (χ2v) is 5.11. The molecule has 2 rings (SSSR count). The zero-order chi connectivity index (χ0) is 14.4. The molecule has 2 aromatic rings. The van der Waals surface area contributed by atoms with Gasteiger partial charge in [-0.2, -0.15) is 0 Å². The van der Waals surface area contributed by atoms with Crippen LogP contribution in [0.25, 0.3) is 0 Å². The highest BCUT2D eigenvalue weighted by molar-refractivity contribution is 7.09. The summed E-state index contributed by atoms with van der Waals surface area (Å²) in [4.78, 5) is 16.1. The van der Waals surface area contributed by atoms with Gasteiger partial charge < -0.3 is 10.4 Å². The van der Waals surface area contributed by atoms with Gasteiger partial charge in [0.05, 0.1) is 5.01 Å². The number of amides is 1. The molecule has 1 aromatic heterocycles. The number of hydrogen-bond acceptors (Lipinski definition) is 4. The molecule has 1 amide bonds. The third-order valence-electron chi connectivity index (χ3n) is 2.61. The van der Waals surface area contributed by atoms with Crippen molar-refractivity contribution < 1.29 is 9.90 Å². The maximum absolute atomic E-state index is 11.9. The van der Waals surface area contributed by atoms with Gasteiger partial charge in [0.15, 0.2) is 0 Å². The van der Waals surface area contributed by atoms with Crippen LogP contribution in [0.1, 0.15) is 26.6 Å². The second-order valence-electron chi connectivity index (χ2n) is 4.05. The molecule has 0 spiro atoms. The van der Waals surface area contributed by atoms with Gasteiger partial charge in [0.2, 0.25) is 0 Å².